The zero-order chi connectivity index (χ0) is 17.5. The van der Waals surface area contributed by atoms with Crippen LogP contribution in [0.5, 0.6) is 0 Å². The number of hydrogen-bond donors (Lipinski definition) is 3. The van der Waals surface area contributed by atoms with Gasteiger partial charge in [-0.05, 0) is 44.0 Å². The Kier molecular flexibility index (Phi) is 7.02. The fourth-order valence-corrected chi connectivity index (χ4v) is 3.05. The molecule has 2 amide bonds. The van der Waals surface area contributed by atoms with Crippen LogP contribution in [0.25, 0.3) is 0 Å². The van der Waals surface area contributed by atoms with Crippen molar-refractivity contribution in [1.29, 1.82) is 0 Å². The summed E-state index contributed by atoms with van der Waals surface area (Å²) in [5, 5.41) is 6.31. The van der Waals surface area contributed by atoms with Gasteiger partial charge in [0.1, 0.15) is 0 Å². The van der Waals surface area contributed by atoms with Crippen molar-refractivity contribution in [3.63, 3.8) is 0 Å². The summed E-state index contributed by atoms with van der Waals surface area (Å²) in [6.45, 7) is 4.53. The van der Waals surface area contributed by atoms with Crippen molar-refractivity contribution >= 4 is 29.1 Å². The molecule has 132 valence electrons. The van der Waals surface area contributed by atoms with E-state index in [1.165, 1.54) is 0 Å². The van der Waals surface area contributed by atoms with Gasteiger partial charge >= 0.3 is 0 Å². The first-order valence-electron chi connectivity index (χ1n) is 8.25. The largest absolute Gasteiger partial charge is 0.355 e. The first kappa shape index (κ1) is 18.7. The summed E-state index contributed by atoms with van der Waals surface area (Å²) in [6, 6.07) is 5.41. The molecule has 0 bridgehead atoms. The first-order valence-corrected chi connectivity index (χ1v) is 8.63. The summed E-state index contributed by atoms with van der Waals surface area (Å²) in [4.78, 5) is 26.4. The van der Waals surface area contributed by atoms with Crippen molar-refractivity contribution < 1.29 is 9.59 Å². The van der Waals surface area contributed by atoms with Gasteiger partial charge in [0.25, 0.3) is 0 Å². The van der Waals surface area contributed by atoms with Crippen LogP contribution in [-0.4, -0.2) is 49.4 Å². The number of nitrogens with one attached hydrogen (secondary N) is 2. The normalized spacial score (nSPS) is 18.2. The van der Waals surface area contributed by atoms with Gasteiger partial charge in [0.2, 0.25) is 11.8 Å². The molecule has 0 spiro atoms. The summed E-state index contributed by atoms with van der Waals surface area (Å²) in [6.07, 6.45) is 1.76. The molecule has 2 rings (SSSR count). The highest BCUT2D eigenvalue weighted by atomic mass is 35.5. The van der Waals surface area contributed by atoms with Crippen LogP contribution in [0.4, 0.5) is 5.69 Å². The van der Waals surface area contributed by atoms with Crippen LogP contribution < -0.4 is 16.4 Å². The van der Waals surface area contributed by atoms with E-state index in [2.05, 4.69) is 10.6 Å². The number of halogens is 1. The molecule has 7 heteroatoms. The molecule has 24 heavy (non-hydrogen) atoms. The lowest BCUT2D eigenvalue weighted by atomic mass is 9.97. The predicted octanol–water partition coefficient (Wildman–Crippen LogP) is 1.37. The Labute approximate surface area is 147 Å². The van der Waals surface area contributed by atoms with Crippen molar-refractivity contribution in [3.05, 3.63) is 28.8 Å². The summed E-state index contributed by atoms with van der Waals surface area (Å²) in [5.74, 6) is -0.148. The van der Waals surface area contributed by atoms with Crippen LogP contribution in [0.15, 0.2) is 18.2 Å². The Morgan fingerprint density at radius 1 is 1.42 bits per heavy atom. The van der Waals surface area contributed by atoms with E-state index in [1.807, 2.05) is 17.9 Å². The van der Waals surface area contributed by atoms with Crippen LogP contribution >= 0.6 is 11.6 Å². The number of carbonyl (C=O) groups is 2. The number of likely N-dealkylation sites (tertiary alicyclic amines) is 1. The van der Waals surface area contributed by atoms with Crippen molar-refractivity contribution in [2.24, 2.45) is 11.7 Å². The molecule has 4 N–H and O–H groups in total. The lowest BCUT2D eigenvalue weighted by Crippen LogP contribution is -2.46. The topological polar surface area (TPSA) is 87.5 Å². The molecule has 1 atom stereocenters. The van der Waals surface area contributed by atoms with Gasteiger partial charge in [0.15, 0.2) is 0 Å². The average molecular weight is 353 g/mol. The number of anilines is 1. The third-order valence-electron chi connectivity index (χ3n) is 4.16. The lowest BCUT2D eigenvalue weighted by molar-refractivity contribution is -0.127. The maximum Gasteiger partial charge on any atom is 0.238 e. The number of rotatable bonds is 6. The van der Waals surface area contributed by atoms with E-state index < -0.39 is 0 Å². The number of aryl methyl sites for hydroxylation is 1. The molecular weight excluding hydrogens is 328 g/mol. The number of carbonyl (C=O) groups excluding carboxylic acids is 2. The smallest absolute Gasteiger partial charge is 0.238 e. The maximum absolute atomic E-state index is 12.3. The van der Waals surface area contributed by atoms with E-state index in [0.717, 1.165) is 30.6 Å². The van der Waals surface area contributed by atoms with Crippen LogP contribution in [0, 0.1) is 12.8 Å². The number of benzene rings is 1. The van der Waals surface area contributed by atoms with Gasteiger partial charge in [-0.2, -0.15) is 0 Å². The minimum Gasteiger partial charge on any atom is -0.355 e. The molecular formula is C17H25ClN4O2. The van der Waals surface area contributed by atoms with E-state index >= 15 is 0 Å². The first-order chi connectivity index (χ1) is 11.5. The highest BCUT2D eigenvalue weighted by Crippen LogP contribution is 2.21. The lowest BCUT2D eigenvalue weighted by Gasteiger charge is -2.31. The van der Waals surface area contributed by atoms with Gasteiger partial charge in [0, 0.05) is 30.3 Å². The van der Waals surface area contributed by atoms with Crippen LogP contribution in [0.2, 0.25) is 5.02 Å². The maximum atomic E-state index is 12.3. The van der Waals surface area contributed by atoms with E-state index in [-0.39, 0.29) is 24.3 Å². The summed E-state index contributed by atoms with van der Waals surface area (Å²) >= 11 is 5.97. The van der Waals surface area contributed by atoms with Gasteiger partial charge < -0.3 is 16.4 Å². The second kappa shape index (κ2) is 9.01. The summed E-state index contributed by atoms with van der Waals surface area (Å²) in [7, 11) is 0. The van der Waals surface area contributed by atoms with Gasteiger partial charge in [-0.1, -0.05) is 17.7 Å². The molecule has 6 nitrogen and oxygen atoms in total. The third-order valence-corrected chi connectivity index (χ3v) is 4.40. The van der Waals surface area contributed by atoms with Crippen LogP contribution in [-0.2, 0) is 9.59 Å². The molecule has 1 aromatic carbocycles. The molecule has 0 aliphatic carbocycles. The number of piperidine rings is 1. The predicted molar refractivity (Wildman–Crippen MR) is 96.0 cm³/mol. The average Bonchev–Trinajstić information content (AvgIpc) is 2.56. The molecule has 1 saturated heterocycles. The van der Waals surface area contributed by atoms with Gasteiger partial charge in [-0.15, -0.1) is 0 Å². The van der Waals surface area contributed by atoms with E-state index in [1.54, 1.807) is 12.1 Å². The molecule has 1 heterocycles. The SMILES string of the molecule is Cc1ccc(Cl)cc1NC(=O)CN1CCCC(C(=O)NCCN)C1. The number of nitrogens with zero attached hydrogens (tertiary/aromatic N) is 1. The molecule has 1 aliphatic heterocycles. The number of amides is 2. The van der Waals surface area contributed by atoms with Crippen molar-refractivity contribution in [1.82, 2.24) is 10.2 Å². The monoisotopic (exact) mass is 352 g/mol. The zero-order valence-corrected chi connectivity index (χ0v) is 14.7. The minimum atomic E-state index is -0.0941. The molecule has 1 unspecified atom stereocenters. The second-order valence-corrected chi connectivity index (χ2v) is 6.60. The molecule has 0 aromatic heterocycles. The third kappa shape index (κ3) is 5.47. The van der Waals surface area contributed by atoms with Gasteiger partial charge in [-0.3, -0.25) is 14.5 Å². The molecule has 1 fully saturated rings. The van der Waals surface area contributed by atoms with Gasteiger partial charge in [-0.25, -0.2) is 0 Å². The summed E-state index contributed by atoms with van der Waals surface area (Å²) < 4.78 is 0. The molecule has 1 aromatic rings. The standard InChI is InChI=1S/C17H25ClN4O2/c1-12-4-5-14(18)9-15(12)21-16(23)11-22-8-2-3-13(10-22)17(24)20-7-6-19/h4-5,9,13H,2-3,6-8,10-11,19H2,1H3,(H,20,24)(H,21,23). The fraction of sp³-hybridized carbons (Fsp3) is 0.529. The highest BCUT2D eigenvalue weighted by Gasteiger charge is 2.26. The van der Waals surface area contributed by atoms with Crippen molar-refractivity contribution in [3.8, 4) is 0 Å². The Balaban J connectivity index is 1.87. The fourth-order valence-electron chi connectivity index (χ4n) is 2.87. The van der Waals surface area contributed by atoms with Crippen LogP contribution in [0.1, 0.15) is 18.4 Å². The van der Waals surface area contributed by atoms with E-state index in [9.17, 15) is 9.59 Å². The molecule has 0 saturated carbocycles. The summed E-state index contributed by atoms with van der Waals surface area (Å²) in [5.41, 5.74) is 7.10. The van der Waals surface area contributed by atoms with Crippen molar-refractivity contribution in [2.75, 3.05) is 38.0 Å². The minimum absolute atomic E-state index is 0.0243. The quantitative estimate of drug-likeness (QED) is 0.721. The molecule has 0 radical (unpaired) electrons. The molecule has 1 aliphatic rings. The van der Waals surface area contributed by atoms with Crippen molar-refractivity contribution in [2.45, 2.75) is 19.8 Å². The Hall–Kier alpha value is -1.63. The number of nitrogens with two attached hydrogens (primary N) is 1. The Morgan fingerprint density at radius 3 is 2.96 bits per heavy atom. The zero-order valence-electron chi connectivity index (χ0n) is 14.0. The Morgan fingerprint density at radius 2 is 2.21 bits per heavy atom. The van der Waals surface area contributed by atoms with E-state index in [4.69, 9.17) is 17.3 Å². The number of hydrogen-bond acceptors (Lipinski definition) is 4. The highest BCUT2D eigenvalue weighted by molar-refractivity contribution is 6.31. The van der Waals surface area contributed by atoms with E-state index in [0.29, 0.717) is 24.7 Å². The second-order valence-electron chi connectivity index (χ2n) is 6.16. The van der Waals surface area contributed by atoms with Crippen LogP contribution in [0.3, 0.4) is 0 Å². The van der Waals surface area contributed by atoms with Gasteiger partial charge in [0.05, 0.1) is 12.5 Å². The Bertz CT molecular complexity index is 594.